The van der Waals surface area contributed by atoms with Crippen molar-refractivity contribution >= 4 is 5.78 Å². The van der Waals surface area contributed by atoms with Gasteiger partial charge < -0.3 is 4.74 Å². The van der Waals surface area contributed by atoms with E-state index in [-0.39, 0.29) is 31.1 Å². The van der Waals surface area contributed by atoms with E-state index in [9.17, 15) is 13.6 Å². The number of hydrogen-bond donors (Lipinski definition) is 0. The molecule has 1 aromatic carbocycles. The number of ketones is 1. The smallest absolute Gasteiger partial charge is 0.248 e. The first-order valence-corrected chi connectivity index (χ1v) is 6.58. The quantitative estimate of drug-likeness (QED) is 0.769. The lowest BCUT2D eigenvalue weighted by molar-refractivity contribution is -0.0585. The summed E-state index contributed by atoms with van der Waals surface area (Å²) in [6, 6.07) is 6.85. The molecule has 0 aromatic heterocycles. The van der Waals surface area contributed by atoms with Gasteiger partial charge in [-0.2, -0.15) is 0 Å². The van der Waals surface area contributed by atoms with Crippen LogP contribution in [0.15, 0.2) is 24.3 Å². The lowest BCUT2D eigenvalue weighted by Crippen LogP contribution is -2.29. The van der Waals surface area contributed by atoms with Crippen molar-refractivity contribution in [3.8, 4) is 5.75 Å². The monoisotopic (exact) mass is 268 g/mol. The molecule has 1 fully saturated rings. The molecule has 0 saturated heterocycles. The Morgan fingerprint density at radius 1 is 1.47 bits per heavy atom. The molecule has 1 unspecified atom stereocenters. The highest BCUT2D eigenvalue weighted by atomic mass is 19.3. The summed E-state index contributed by atoms with van der Waals surface area (Å²) in [5.74, 6) is -2.12. The molecule has 1 aliphatic carbocycles. The molecule has 0 aliphatic heterocycles. The number of rotatable bonds is 4. The Bertz CT molecular complexity index is 457. The predicted molar refractivity (Wildman–Crippen MR) is 68.8 cm³/mol. The topological polar surface area (TPSA) is 26.3 Å². The van der Waals surface area contributed by atoms with Crippen LogP contribution in [0.25, 0.3) is 0 Å². The van der Waals surface area contributed by atoms with Crippen LogP contribution in [-0.2, 0) is 0 Å². The number of Topliss-reactive ketones (excluding diaryl/α,β-unsaturated/α-hetero) is 1. The third-order valence-electron chi connectivity index (χ3n) is 3.47. The average molecular weight is 268 g/mol. The summed E-state index contributed by atoms with van der Waals surface area (Å²) in [5.41, 5.74) is 0.575. The van der Waals surface area contributed by atoms with E-state index in [4.69, 9.17) is 4.74 Å². The van der Waals surface area contributed by atoms with E-state index in [0.717, 1.165) is 6.42 Å². The second-order valence-corrected chi connectivity index (χ2v) is 5.21. The van der Waals surface area contributed by atoms with Crippen LogP contribution < -0.4 is 4.74 Å². The maximum Gasteiger partial charge on any atom is 0.248 e. The van der Waals surface area contributed by atoms with E-state index >= 15 is 0 Å². The first kappa shape index (κ1) is 14.0. The second kappa shape index (κ2) is 5.68. The first-order chi connectivity index (χ1) is 8.96. The number of halogens is 2. The Labute approximate surface area is 111 Å². The molecule has 0 bridgehead atoms. The highest BCUT2D eigenvalue weighted by Crippen LogP contribution is 2.36. The minimum Gasteiger partial charge on any atom is -0.493 e. The summed E-state index contributed by atoms with van der Waals surface area (Å²) in [7, 11) is 0. The van der Waals surface area contributed by atoms with E-state index in [2.05, 4.69) is 0 Å². The molecule has 0 amide bonds. The lowest BCUT2D eigenvalue weighted by Gasteiger charge is -2.28. The van der Waals surface area contributed by atoms with Crippen LogP contribution in [0, 0.1) is 5.92 Å². The number of hydrogen-bond acceptors (Lipinski definition) is 2. The molecule has 4 heteroatoms. The number of alkyl halides is 2. The third kappa shape index (κ3) is 4.01. The Kier molecular flexibility index (Phi) is 4.17. The largest absolute Gasteiger partial charge is 0.493 e. The SMILES string of the molecule is CC(=O)c1cccc(OCC2CCCC(F)(F)C2)c1. The summed E-state index contributed by atoms with van der Waals surface area (Å²) in [4.78, 5) is 11.2. The van der Waals surface area contributed by atoms with E-state index < -0.39 is 5.92 Å². The van der Waals surface area contributed by atoms with Crippen molar-refractivity contribution < 1.29 is 18.3 Å². The Hall–Kier alpha value is -1.45. The van der Waals surface area contributed by atoms with E-state index in [1.807, 2.05) is 0 Å². The van der Waals surface area contributed by atoms with Crippen LogP contribution >= 0.6 is 0 Å². The van der Waals surface area contributed by atoms with Gasteiger partial charge in [-0.3, -0.25) is 4.79 Å². The van der Waals surface area contributed by atoms with Gasteiger partial charge in [0.1, 0.15) is 5.75 Å². The van der Waals surface area contributed by atoms with Gasteiger partial charge in [-0.1, -0.05) is 12.1 Å². The van der Waals surface area contributed by atoms with Crippen LogP contribution in [-0.4, -0.2) is 18.3 Å². The Balaban J connectivity index is 1.91. The molecule has 2 nitrogen and oxygen atoms in total. The number of benzene rings is 1. The molecule has 1 atom stereocenters. The van der Waals surface area contributed by atoms with Gasteiger partial charge in [-0.05, 0) is 37.8 Å². The van der Waals surface area contributed by atoms with Crippen molar-refractivity contribution in [1.82, 2.24) is 0 Å². The van der Waals surface area contributed by atoms with Crippen LogP contribution in [0.5, 0.6) is 5.75 Å². The van der Waals surface area contributed by atoms with Gasteiger partial charge in [0.05, 0.1) is 6.61 Å². The molecule has 0 heterocycles. The van der Waals surface area contributed by atoms with Gasteiger partial charge >= 0.3 is 0 Å². The van der Waals surface area contributed by atoms with Crippen molar-refractivity contribution in [3.63, 3.8) is 0 Å². The fraction of sp³-hybridized carbons (Fsp3) is 0.533. The van der Waals surface area contributed by atoms with Gasteiger partial charge in [-0.15, -0.1) is 0 Å². The molecule has 1 saturated carbocycles. The number of carbonyl (C=O) groups is 1. The summed E-state index contributed by atoms with van der Waals surface area (Å²) < 4.78 is 32.0. The average Bonchev–Trinajstić information content (AvgIpc) is 2.35. The fourth-order valence-corrected chi connectivity index (χ4v) is 2.44. The molecular weight excluding hydrogens is 250 g/mol. The molecule has 0 radical (unpaired) electrons. The van der Waals surface area contributed by atoms with E-state index in [0.29, 0.717) is 17.7 Å². The van der Waals surface area contributed by atoms with Crippen LogP contribution in [0.1, 0.15) is 43.0 Å². The fourth-order valence-electron chi connectivity index (χ4n) is 2.44. The van der Waals surface area contributed by atoms with Crippen molar-refractivity contribution in [1.29, 1.82) is 0 Å². The molecule has 1 aromatic rings. The molecule has 2 rings (SSSR count). The zero-order valence-corrected chi connectivity index (χ0v) is 11.0. The zero-order valence-electron chi connectivity index (χ0n) is 11.0. The molecule has 0 spiro atoms. The standard InChI is InChI=1S/C15H18F2O2/c1-11(18)13-5-2-6-14(8-13)19-10-12-4-3-7-15(16,17)9-12/h2,5-6,8,12H,3-4,7,9-10H2,1H3. The molecule has 19 heavy (non-hydrogen) atoms. The van der Waals surface area contributed by atoms with Gasteiger partial charge in [-0.25, -0.2) is 8.78 Å². The van der Waals surface area contributed by atoms with Crippen LogP contribution in [0.4, 0.5) is 8.78 Å². The first-order valence-electron chi connectivity index (χ1n) is 6.58. The van der Waals surface area contributed by atoms with Crippen molar-refractivity contribution in [2.24, 2.45) is 5.92 Å². The van der Waals surface area contributed by atoms with Crippen molar-refractivity contribution in [2.75, 3.05) is 6.61 Å². The van der Waals surface area contributed by atoms with Gasteiger partial charge in [0.15, 0.2) is 5.78 Å². The second-order valence-electron chi connectivity index (χ2n) is 5.21. The Morgan fingerprint density at radius 2 is 2.26 bits per heavy atom. The minimum absolute atomic E-state index is 0.0106. The van der Waals surface area contributed by atoms with Gasteiger partial charge in [0.25, 0.3) is 0 Å². The highest BCUT2D eigenvalue weighted by Gasteiger charge is 2.36. The summed E-state index contributed by atoms with van der Waals surface area (Å²) in [5, 5.41) is 0. The summed E-state index contributed by atoms with van der Waals surface area (Å²) in [6.07, 6.45) is 1.22. The molecule has 104 valence electrons. The molecule has 1 aliphatic rings. The predicted octanol–water partition coefficient (Wildman–Crippen LogP) is 4.09. The maximum absolute atomic E-state index is 13.3. The van der Waals surface area contributed by atoms with Gasteiger partial charge in [0.2, 0.25) is 5.92 Å². The van der Waals surface area contributed by atoms with Crippen molar-refractivity contribution in [3.05, 3.63) is 29.8 Å². The highest BCUT2D eigenvalue weighted by molar-refractivity contribution is 5.94. The van der Waals surface area contributed by atoms with Crippen LogP contribution in [0.3, 0.4) is 0 Å². The maximum atomic E-state index is 13.3. The molecule has 0 N–H and O–H groups in total. The zero-order chi connectivity index (χ0) is 13.9. The lowest BCUT2D eigenvalue weighted by atomic mass is 9.87. The van der Waals surface area contributed by atoms with Gasteiger partial charge in [0, 0.05) is 18.4 Å². The van der Waals surface area contributed by atoms with Crippen LogP contribution in [0.2, 0.25) is 0 Å². The summed E-state index contributed by atoms with van der Waals surface area (Å²) in [6.45, 7) is 1.78. The summed E-state index contributed by atoms with van der Waals surface area (Å²) >= 11 is 0. The number of ether oxygens (including phenoxy) is 1. The van der Waals surface area contributed by atoms with E-state index in [1.54, 1.807) is 24.3 Å². The van der Waals surface area contributed by atoms with Crippen molar-refractivity contribution in [2.45, 2.75) is 38.5 Å². The molecular formula is C15H18F2O2. The normalized spacial score (nSPS) is 21.9. The van der Waals surface area contributed by atoms with E-state index in [1.165, 1.54) is 6.92 Å². The third-order valence-corrected chi connectivity index (χ3v) is 3.47. The number of carbonyl (C=O) groups excluding carboxylic acids is 1. The Morgan fingerprint density at radius 3 is 2.95 bits per heavy atom. The minimum atomic E-state index is -2.55.